The fourth-order valence-corrected chi connectivity index (χ4v) is 1.87. The molecule has 5 N–H and O–H groups in total. The molecule has 1 atom stereocenters. The number of alkyl halides is 3. The molecule has 0 aliphatic carbocycles. The second-order valence-electron chi connectivity index (χ2n) is 3.67. The molecule has 18 heavy (non-hydrogen) atoms. The molecule has 0 saturated heterocycles. The van der Waals surface area contributed by atoms with Crippen LogP contribution < -0.4 is 11.5 Å². The first-order chi connectivity index (χ1) is 8.12. The molecular weight excluding hydrogens is 317 g/mol. The number of amides is 1. The highest BCUT2D eigenvalue weighted by atomic mass is 79.9. The van der Waals surface area contributed by atoms with Gasteiger partial charge in [-0.15, -0.1) is 0 Å². The number of aromatic hydroxyl groups is 1. The van der Waals surface area contributed by atoms with Gasteiger partial charge in [0.1, 0.15) is 5.75 Å². The van der Waals surface area contributed by atoms with Gasteiger partial charge in [0.2, 0.25) is 5.91 Å². The fourth-order valence-electron chi connectivity index (χ4n) is 1.39. The van der Waals surface area contributed by atoms with E-state index in [4.69, 9.17) is 11.5 Å². The Bertz CT molecular complexity index is 477. The summed E-state index contributed by atoms with van der Waals surface area (Å²) >= 11 is 2.80. The number of hydrogen-bond donors (Lipinski definition) is 3. The van der Waals surface area contributed by atoms with Crippen molar-refractivity contribution in [3.8, 4) is 5.75 Å². The summed E-state index contributed by atoms with van der Waals surface area (Å²) in [6.45, 7) is 0. The van der Waals surface area contributed by atoms with Crippen LogP contribution in [0.15, 0.2) is 16.6 Å². The van der Waals surface area contributed by atoms with E-state index in [2.05, 4.69) is 15.9 Å². The van der Waals surface area contributed by atoms with Crippen molar-refractivity contribution < 1.29 is 23.1 Å². The fraction of sp³-hybridized carbons (Fsp3) is 0.300. The van der Waals surface area contributed by atoms with Crippen molar-refractivity contribution in [1.82, 2.24) is 0 Å². The number of hydrogen-bond acceptors (Lipinski definition) is 3. The van der Waals surface area contributed by atoms with Gasteiger partial charge in [-0.05, 0) is 28.1 Å². The molecule has 0 aliphatic heterocycles. The molecule has 8 heteroatoms. The second kappa shape index (κ2) is 5.15. The number of rotatable bonds is 3. The van der Waals surface area contributed by atoms with Crippen LogP contribution in [-0.4, -0.2) is 11.0 Å². The standard InChI is InChI=1S/C10H10BrF3N2O2/c11-6-2-4(10(12,13)14)1-5(9(6)18)7(15)3-8(16)17/h1-2,7,18H,3,15H2,(H2,16,17). The molecule has 1 amide bonds. The Morgan fingerprint density at radius 3 is 2.44 bits per heavy atom. The number of benzene rings is 1. The van der Waals surface area contributed by atoms with E-state index in [0.717, 1.165) is 6.07 Å². The smallest absolute Gasteiger partial charge is 0.416 e. The van der Waals surface area contributed by atoms with E-state index in [0.29, 0.717) is 6.07 Å². The Balaban J connectivity index is 3.26. The quantitative estimate of drug-likeness (QED) is 0.794. The van der Waals surface area contributed by atoms with Crippen LogP contribution in [0.25, 0.3) is 0 Å². The lowest BCUT2D eigenvalue weighted by molar-refractivity contribution is -0.137. The molecule has 100 valence electrons. The van der Waals surface area contributed by atoms with E-state index >= 15 is 0 Å². The minimum Gasteiger partial charge on any atom is -0.506 e. The molecule has 1 aromatic rings. The predicted octanol–water partition coefficient (Wildman–Crippen LogP) is 2.05. The summed E-state index contributed by atoms with van der Waals surface area (Å²) in [7, 11) is 0. The van der Waals surface area contributed by atoms with Gasteiger partial charge in [0.25, 0.3) is 0 Å². The third kappa shape index (κ3) is 3.36. The van der Waals surface area contributed by atoms with Gasteiger partial charge >= 0.3 is 6.18 Å². The van der Waals surface area contributed by atoms with Crippen LogP contribution in [0.5, 0.6) is 5.75 Å². The van der Waals surface area contributed by atoms with Crippen molar-refractivity contribution in [3.05, 3.63) is 27.7 Å². The Labute approximate surface area is 109 Å². The topological polar surface area (TPSA) is 89.3 Å². The second-order valence-corrected chi connectivity index (χ2v) is 4.52. The summed E-state index contributed by atoms with van der Waals surface area (Å²) in [5.74, 6) is -1.20. The first-order valence-corrected chi connectivity index (χ1v) is 5.55. The molecule has 0 fully saturated rings. The SMILES string of the molecule is NC(=O)CC(N)c1cc(C(F)(F)F)cc(Br)c1O. The molecular formula is C10H10BrF3N2O2. The highest BCUT2D eigenvalue weighted by molar-refractivity contribution is 9.10. The number of nitrogens with two attached hydrogens (primary N) is 2. The zero-order chi connectivity index (χ0) is 14.1. The number of carbonyl (C=O) groups is 1. The predicted molar refractivity (Wildman–Crippen MR) is 61.5 cm³/mol. The van der Waals surface area contributed by atoms with Crippen LogP contribution in [0.3, 0.4) is 0 Å². The normalized spacial score (nSPS) is 13.4. The summed E-state index contributed by atoms with van der Waals surface area (Å²) < 4.78 is 37.6. The molecule has 1 aromatic carbocycles. The van der Waals surface area contributed by atoms with Crippen molar-refractivity contribution in [2.24, 2.45) is 11.5 Å². The molecule has 0 bridgehead atoms. The van der Waals surface area contributed by atoms with Gasteiger partial charge in [0.05, 0.1) is 10.0 Å². The van der Waals surface area contributed by atoms with E-state index in [1.54, 1.807) is 0 Å². The summed E-state index contributed by atoms with van der Waals surface area (Å²) in [4.78, 5) is 10.7. The van der Waals surface area contributed by atoms with Crippen LogP contribution >= 0.6 is 15.9 Å². The third-order valence-corrected chi connectivity index (χ3v) is 2.85. The lowest BCUT2D eigenvalue weighted by Crippen LogP contribution is -2.21. The van der Waals surface area contributed by atoms with E-state index in [-0.39, 0.29) is 16.5 Å². The van der Waals surface area contributed by atoms with Crippen molar-refractivity contribution in [1.29, 1.82) is 0 Å². The molecule has 0 aromatic heterocycles. The van der Waals surface area contributed by atoms with E-state index in [9.17, 15) is 23.1 Å². The minimum absolute atomic E-state index is 0.146. The average molecular weight is 327 g/mol. The highest BCUT2D eigenvalue weighted by Crippen LogP contribution is 2.39. The van der Waals surface area contributed by atoms with Crippen LogP contribution in [0, 0.1) is 0 Å². The number of phenols is 1. The molecule has 0 radical (unpaired) electrons. The van der Waals surface area contributed by atoms with Crippen molar-refractivity contribution in [2.75, 3.05) is 0 Å². The Morgan fingerprint density at radius 1 is 1.44 bits per heavy atom. The number of halogens is 4. The molecule has 1 unspecified atom stereocenters. The van der Waals surface area contributed by atoms with Gasteiger partial charge in [0.15, 0.2) is 0 Å². The third-order valence-electron chi connectivity index (χ3n) is 2.24. The minimum atomic E-state index is -4.57. The zero-order valence-corrected chi connectivity index (χ0v) is 10.5. The maximum absolute atomic E-state index is 12.6. The lowest BCUT2D eigenvalue weighted by Gasteiger charge is -2.16. The van der Waals surface area contributed by atoms with Gasteiger partial charge in [-0.1, -0.05) is 0 Å². The zero-order valence-electron chi connectivity index (χ0n) is 8.96. The molecule has 4 nitrogen and oxygen atoms in total. The van der Waals surface area contributed by atoms with Crippen LogP contribution in [0.2, 0.25) is 0 Å². The van der Waals surface area contributed by atoms with Gasteiger partial charge in [0, 0.05) is 18.0 Å². The maximum atomic E-state index is 12.6. The van der Waals surface area contributed by atoms with E-state index < -0.39 is 29.4 Å². The van der Waals surface area contributed by atoms with Crippen LogP contribution in [-0.2, 0) is 11.0 Å². The van der Waals surface area contributed by atoms with Crippen molar-refractivity contribution in [3.63, 3.8) is 0 Å². The summed E-state index contributed by atoms with van der Waals surface area (Å²) in [5, 5.41) is 9.62. The Kier molecular flexibility index (Phi) is 4.23. The number of primary amides is 1. The summed E-state index contributed by atoms with van der Waals surface area (Å²) in [6, 6.07) is 0.338. The van der Waals surface area contributed by atoms with Crippen molar-refractivity contribution in [2.45, 2.75) is 18.6 Å². The largest absolute Gasteiger partial charge is 0.506 e. The molecule has 0 saturated carbocycles. The summed E-state index contributed by atoms with van der Waals surface area (Å²) in [5.41, 5.74) is 9.28. The summed E-state index contributed by atoms with van der Waals surface area (Å²) in [6.07, 6.45) is -4.93. The van der Waals surface area contributed by atoms with Crippen molar-refractivity contribution >= 4 is 21.8 Å². The number of phenolic OH excluding ortho intramolecular Hbond substituents is 1. The molecule has 0 heterocycles. The van der Waals surface area contributed by atoms with Gasteiger partial charge in [-0.2, -0.15) is 13.2 Å². The monoisotopic (exact) mass is 326 g/mol. The van der Waals surface area contributed by atoms with E-state index in [1.165, 1.54) is 0 Å². The Hall–Kier alpha value is -1.28. The van der Waals surface area contributed by atoms with Crippen LogP contribution in [0.1, 0.15) is 23.6 Å². The highest BCUT2D eigenvalue weighted by Gasteiger charge is 2.32. The first-order valence-electron chi connectivity index (χ1n) is 4.76. The molecule has 0 spiro atoms. The van der Waals surface area contributed by atoms with Gasteiger partial charge in [-0.25, -0.2) is 0 Å². The maximum Gasteiger partial charge on any atom is 0.416 e. The van der Waals surface area contributed by atoms with Crippen LogP contribution in [0.4, 0.5) is 13.2 Å². The van der Waals surface area contributed by atoms with E-state index in [1.807, 2.05) is 0 Å². The van der Waals surface area contributed by atoms with Gasteiger partial charge in [-0.3, -0.25) is 4.79 Å². The molecule has 1 rings (SSSR count). The first kappa shape index (κ1) is 14.8. The van der Waals surface area contributed by atoms with Gasteiger partial charge < -0.3 is 16.6 Å². The molecule has 0 aliphatic rings. The Morgan fingerprint density at radius 2 is 2.00 bits per heavy atom. The lowest BCUT2D eigenvalue weighted by atomic mass is 10.0. The number of carbonyl (C=O) groups excluding carboxylic acids is 1. The average Bonchev–Trinajstić information content (AvgIpc) is 2.18.